The minimum absolute atomic E-state index is 0.351. The number of nitriles is 1. The summed E-state index contributed by atoms with van der Waals surface area (Å²) in [5, 5.41) is 13.4. The highest BCUT2D eigenvalue weighted by Gasteiger charge is 2.04. The number of ether oxygens (including phenoxy) is 3. The first-order chi connectivity index (χ1) is 14.7. The average Bonchev–Trinajstić information content (AvgIpc) is 2.81. The van der Waals surface area contributed by atoms with Gasteiger partial charge in [0.15, 0.2) is 11.5 Å². The minimum atomic E-state index is 0.351. The summed E-state index contributed by atoms with van der Waals surface area (Å²) in [4.78, 5) is 0. The van der Waals surface area contributed by atoms with Crippen LogP contribution >= 0.6 is 0 Å². The molecule has 0 aliphatic carbocycles. The Bertz CT molecular complexity index is 1040. The summed E-state index contributed by atoms with van der Waals surface area (Å²) in [5.41, 5.74) is 6.49. The molecule has 6 heteroatoms. The third-order valence-corrected chi connectivity index (χ3v) is 4.45. The Kier molecular flexibility index (Phi) is 7.28. The standard InChI is InChI=1S/C24H23N3O3/c1-28-23-12-9-19(13-24(23)29-2)16-27-26-15-18-7-10-22(11-8-18)30-17-21-6-4-3-5-20(21)14-25/h3-13,15,27H,16-17H2,1-2H3/b26-15-. The lowest BCUT2D eigenvalue weighted by atomic mass is 10.1. The molecule has 0 radical (unpaired) electrons. The summed E-state index contributed by atoms with van der Waals surface area (Å²) in [6.07, 6.45) is 1.75. The van der Waals surface area contributed by atoms with E-state index in [2.05, 4.69) is 16.6 Å². The van der Waals surface area contributed by atoms with E-state index in [1.165, 1.54) is 0 Å². The van der Waals surface area contributed by atoms with Crippen LogP contribution in [0.5, 0.6) is 17.2 Å². The van der Waals surface area contributed by atoms with Gasteiger partial charge in [0, 0.05) is 5.56 Å². The molecule has 3 aromatic rings. The Labute approximate surface area is 176 Å². The van der Waals surface area contributed by atoms with Crippen LogP contribution in [0.4, 0.5) is 0 Å². The van der Waals surface area contributed by atoms with E-state index < -0.39 is 0 Å². The Morgan fingerprint density at radius 3 is 2.47 bits per heavy atom. The number of nitrogens with one attached hydrogen (secondary N) is 1. The van der Waals surface area contributed by atoms with E-state index in [0.29, 0.717) is 30.2 Å². The maximum absolute atomic E-state index is 9.14. The fourth-order valence-electron chi connectivity index (χ4n) is 2.81. The molecule has 3 aromatic carbocycles. The van der Waals surface area contributed by atoms with Crippen molar-refractivity contribution in [3.8, 4) is 23.3 Å². The highest BCUT2D eigenvalue weighted by molar-refractivity contribution is 5.79. The van der Waals surface area contributed by atoms with E-state index in [1.807, 2.05) is 60.7 Å². The maximum atomic E-state index is 9.14. The second-order valence-electron chi connectivity index (χ2n) is 6.41. The first-order valence-electron chi connectivity index (χ1n) is 9.41. The van der Waals surface area contributed by atoms with Gasteiger partial charge in [-0.05, 0) is 53.6 Å². The van der Waals surface area contributed by atoms with Gasteiger partial charge >= 0.3 is 0 Å². The third kappa shape index (κ3) is 5.52. The van der Waals surface area contributed by atoms with Gasteiger partial charge in [0.05, 0.1) is 38.6 Å². The fourth-order valence-corrected chi connectivity index (χ4v) is 2.81. The molecule has 30 heavy (non-hydrogen) atoms. The Hall–Kier alpha value is -3.98. The molecule has 6 nitrogen and oxygen atoms in total. The predicted octanol–water partition coefficient (Wildman–Crippen LogP) is 4.28. The molecule has 0 fully saturated rings. The first kappa shape index (κ1) is 20.7. The number of hydrogen-bond donors (Lipinski definition) is 1. The summed E-state index contributed by atoms with van der Waals surface area (Å²) in [5.74, 6) is 2.12. The molecule has 1 N–H and O–H groups in total. The molecule has 0 saturated carbocycles. The predicted molar refractivity (Wildman–Crippen MR) is 116 cm³/mol. The fraction of sp³-hybridized carbons (Fsp3) is 0.167. The van der Waals surface area contributed by atoms with Crippen molar-refractivity contribution in [2.24, 2.45) is 5.10 Å². The maximum Gasteiger partial charge on any atom is 0.161 e. The average molecular weight is 401 g/mol. The molecule has 0 aliphatic heterocycles. The van der Waals surface area contributed by atoms with Gasteiger partial charge in [-0.2, -0.15) is 10.4 Å². The van der Waals surface area contributed by atoms with Crippen molar-refractivity contribution in [2.45, 2.75) is 13.2 Å². The normalized spacial score (nSPS) is 10.4. The molecule has 0 heterocycles. The summed E-state index contributed by atoms with van der Waals surface area (Å²) in [6.45, 7) is 0.917. The molecule has 0 atom stereocenters. The van der Waals surface area contributed by atoms with Crippen molar-refractivity contribution >= 4 is 6.21 Å². The molecule has 0 aromatic heterocycles. The molecule has 152 valence electrons. The number of hydrogen-bond acceptors (Lipinski definition) is 6. The zero-order chi connectivity index (χ0) is 21.2. The van der Waals surface area contributed by atoms with Crippen molar-refractivity contribution in [1.82, 2.24) is 5.43 Å². The molecule has 0 saturated heterocycles. The molecule has 0 unspecified atom stereocenters. The van der Waals surface area contributed by atoms with Crippen LogP contribution in [0.25, 0.3) is 0 Å². The lowest BCUT2D eigenvalue weighted by Crippen LogP contribution is -2.06. The van der Waals surface area contributed by atoms with Crippen molar-refractivity contribution in [1.29, 1.82) is 5.26 Å². The van der Waals surface area contributed by atoms with Gasteiger partial charge in [-0.25, -0.2) is 0 Å². The lowest BCUT2D eigenvalue weighted by Gasteiger charge is -2.09. The van der Waals surface area contributed by atoms with Crippen molar-refractivity contribution in [3.05, 3.63) is 89.0 Å². The van der Waals surface area contributed by atoms with Gasteiger partial charge < -0.3 is 19.6 Å². The third-order valence-electron chi connectivity index (χ3n) is 4.45. The molecule has 0 aliphatic rings. The van der Waals surface area contributed by atoms with Gasteiger partial charge in [-0.1, -0.05) is 24.3 Å². The summed E-state index contributed by atoms with van der Waals surface area (Å²) >= 11 is 0. The van der Waals surface area contributed by atoms with Crippen LogP contribution in [0, 0.1) is 11.3 Å². The zero-order valence-corrected chi connectivity index (χ0v) is 17.0. The van der Waals surface area contributed by atoms with Crippen LogP contribution in [0.3, 0.4) is 0 Å². The lowest BCUT2D eigenvalue weighted by molar-refractivity contribution is 0.306. The molecule has 0 spiro atoms. The Morgan fingerprint density at radius 2 is 1.73 bits per heavy atom. The minimum Gasteiger partial charge on any atom is -0.493 e. The molecule has 0 amide bonds. The quantitative estimate of drug-likeness (QED) is 0.428. The second kappa shape index (κ2) is 10.5. The van der Waals surface area contributed by atoms with E-state index in [9.17, 15) is 0 Å². The van der Waals surface area contributed by atoms with Crippen LogP contribution in [0.2, 0.25) is 0 Å². The molecular formula is C24H23N3O3. The van der Waals surface area contributed by atoms with E-state index in [0.717, 1.165) is 22.4 Å². The highest BCUT2D eigenvalue weighted by atomic mass is 16.5. The van der Waals surface area contributed by atoms with Gasteiger partial charge in [-0.3, -0.25) is 0 Å². The van der Waals surface area contributed by atoms with Crippen LogP contribution < -0.4 is 19.6 Å². The van der Waals surface area contributed by atoms with Gasteiger partial charge in [0.25, 0.3) is 0 Å². The number of hydrazone groups is 1. The van der Waals surface area contributed by atoms with Crippen LogP contribution in [-0.2, 0) is 13.2 Å². The van der Waals surface area contributed by atoms with Crippen LogP contribution in [-0.4, -0.2) is 20.4 Å². The van der Waals surface area contributed by atoms with E-state index >= 15 is 0 Å². The summed E-state index contributed by atoms with van der Waals surface area (Å²) in [6, 6.07) is 22.9. The van der Waals surface area contributed by atoms with E-state index in [1.54, 1.807) is 26.5 Å². The number of methoxy groups -OCH3 is 2. The van der Waals surface area contributed by atoms with Crippen molar-refractivity contribution in [2.75, 3.05) is 14.2 Å². The van der Waals surface area contributed by atoms with Crippen LogP contribution in [0.1, 0.15) is 22.3 Å². The Balaban J connectivity index is 1.50. The van der Waals surface area contributed by atoms with Gasteiger partial charge in [0.2, 0.25) is 0 Å². The van der Waals surface area contributed by atoms with Crippen molar-refractivity contribution in [3.63, 3.8) is 0 Å². The summed E-state index contributed by atoms with van der Waals surface area (Å²) in [7, 11) is 3.23. The summed E-state index contributed by atoms with van der Waals surface area (Å²) < 4.78 is 16.3. The smallest absolute Gasteiger partial charge is 0.161 e. The number of benzene rings is 3. The molecule has 0 bridgehead atoms. The number of nitrogens with zero attached hydrogens (tertiary/aromatic N) is 2. The van der Waals surface area contributed by atoms with E-state index in [-0.39, 0.29) is 0 Å². The monoisotopic (exact) mass is 401 g/mol. The molecule has 3 rings (SSSR count). The Morgan fingerprint density at radius 1 is 0.967 bits per heavy atom. The molecular weight excluding hydrogens is 378 g/mol. The number of rotatable bonds is 9. The topological polar surface area (TPSA) is 75.9 Å². The largest absolute Gasteiger partial charge is 0.493 e. The highest BCUT2D eigenvalue weighted by Crippen LogP contribution is 2.27. The van der Waals surface area contributed by atoms with Gasteiger partial charge in [0.1, 0.15) is 12.4 Å². The zero-order valence-electron chi connectivity index (χ0n) is 17.0. The van der Waals surface area contributed by atoms with Crippen LogP contribution in [0.15, 0.2) is 71.8 Å². The van der Waals surface area contributed by atoms with Crippen molar-refractivity contribution < 1.29 is 14.2 Å². The SMILES string of the molecule is COc1ccc(CN/N=C\c2ccc(OCc3ccccc3C#N)cc2)cc1OC. The first-order valence-corrected chi connectivity index (χ1v) is 9.41. The van der Waals surface area contributed by atoms with E-state index in [4.69, 9.17) is 19.5 Å². The second-order valence-corrected chi connectivity index (χ2v) is 6.41. The van der Waals surface area contributed by atoms with Gasteiger partial charge in [-0.15, -0.1) is 0 Å².